The third-order valence-corrected chi connectivity index (χ3v) is 7.30. The monoisotopic (exact) mass is 565 g/mol. The van der Waals surface area contributed by atoms with E-state index in [9.17, 15) is 0 Å². The van der Waals surface area contributed by atoms with Crippen molar-refractivity contribution < 1.29 is 9.47 Å². The predicted molar refractivity (Wildman–Crippen MR) is 167 cm³/mol. The second kappa shape index (κ2) is 13.0. The molecule has 1 aliphatic rings. The molecule has 0 amide bonds. The molecule has 6 rings (SSSR count). The first-order chi connectivity index (χ1) is 20.4. The molecule has 9 heteroatoms. The van der Waals surface area contributed by atoms with Gasteiger partial charge in [0.25, 0.3) is 0 Å². The van der Waals surface area contributed by atoms with Crippen LogP contribution < -0.4 is 15.2 Å². The highest BCUT2D eigenvalue weighted by Gasteiger charge is 2.24. The Morgan fingerprint density at radius 1 is 0.929 bits per heavy atom. The molecule has 0 unspecified atom stereocenters. The van der Waals surface area contributed by atoms with Gasteiger partial charge in [-0.1, -0.05) is 26.0 Å². The van der Waals surface area contributed by atoms with Gasteiger partial charge >= 0.3 is 0 Å². The number of hydrogen-bond acceptors (Lipinski definition) is 8. The summed E-state index contributed by atoms with van der Waals surface area (Å²) in [5.41, 5.74) is 11.3. The van der Waals surface area contributed by atoms with Crippen molar-refractivity contribution >= 4 is 16.9 Å². The fraction of sp³-hybridized carbons (Fsp3) is 0.333. The Balaban J connectivity index is 0.00000173. The van der Waals surface area contributed by atoms with Crippen LogP contribution in [0.25, 0.3) is 22.2 Å². The Bertz CT molecular complexity index is 1630. The van der Waals surface area contributed by atoms with Crippen LogP contribution in [-0.4, -0.2) is 49.5 Å². The molecule has 9 nitrogen and oxygen atoms in total. The number of aromatic nitrogens is 5. The van der Waals surface area contributed by atoms with Gasteiger partial charge in [-0.15, -0.1) is 0 Å². The number of nitrogens with zero attached hydrogens (tertiary/aromatic N) is 6. The van der Waals surface area contributed by atoms with Gasteiger partial charge in [-0.25, -0.2) is 19.9 Å². The predicted octanol–water partition coefficient (Wildman–Crippen LogP) is 6.75. The van der Waals surface area contributed by atoms with Crippen molar-refractivity contribution in [3.63, 3.8) is 0 Å². The Kier molecular flexibility index (Phi) is 8.97. The minimum Gasteiger partial charge on any atom is -0.489 e. The van der Waals surface area contributed by atoms with E-state index in [4.69, 9.17) is 15.2 Å². The molecule has 218 valence electrons. The molecule has 1 aliphatic heterocycles. The molecule has 1 fully saturated rings. The molecule has 0 saturated carbocycles. The summed E-state index contributed by atoms with van der Waals surface area (Å²) in [7, 11) is 2.17. The molecule has 0 radical (unpaired) electrons. The summed E-state index contributed by atoms with van der Waals surface area (Å²) >= 11 is 0. The van der Waals surface area contributed by atoms with E-state index in [1.807, 2.05) is 58.0 Å². The van der Waals surface area contributed by atoms with E-state index in [0.29, 0.717) is 24.2 Å². The molecule has 1 saturated heterocycles. The molecule has 3 aromatic heterocycles. The molecule has 5 aromatic rings. The minimum atomic E-state index is 0.350. The number of fused-ring (bicyclic) bond motifs is 1. The Hall–Kier alpha value is -4.50. The third-order valence-electron chi connectivity index (χ3n) is 7.30. The van der Waals surface area contributed by atoms with Gasteiger partial charge in [0, 0.05) is 48.4 Å². The summed E-state index contributed by atoms with van der Waals surface area (Å²) in [5.74, 6) is 3.39. The van der Waals surface area contributed by atoms with Crippen molar-refractivity contribution in [2.24, 2.45) is 0 Å². The van der Waals surface area contributed by atoms with Crippen LogP contribution >= 0.6 is 0 Å². The number of rotatable bonds is 7. The van der Waals surface area contributed by atoms with Gasteiger partial charge in [0.2, 0.25) is 0 Å². The normalized spacial score (nSPS) is 15.2. The largest absolute Gasteiger partial charge is 0.489 e. The van der Waals surface area contributed by atoms with Crippen LogP contribution in [0.4, 0.5) is 5.82 Å². The van der Waals surface area contributed by atoms with Gasteiger partial charge in [0.15, 0.2) is 0 Å². The SMILES string of the molecule is CC.Cc1cc(OCc2cnc(C)nc2)cc(Oc2ccc(-c3cn([C@@H]4CCCN(C)C4)c4ncnc(N)c34)cc2)c1. The lowest BCUT2D eigenvalue weighted by Crippen LogP contribution is -2.33. The van der Waals surface area contributed by atoms with Gasteiger partial charge < -0.3 is 24.7 Å². The molecular weight excluding hydrogens is 526 g/mol. The summed E-state index contributed by atoms with van der Waals surface area (Å²) in [6.07, 6.45) is 9.57. The average molecular weight is 566 g/mol. The smallest absolute Gasteiger partial charge is 0.146 e. The highest BCUT2D eigenvalue weighted by atomic mass is 16.5. The number of anilines is 1. The zero-order valence-corrected chi connectivity index (χ0v) is 25.0. The number of likely N-dealkylation sites (tertiary alicyclic amines) is 1. The number of aryl methyl sites for hydroxylation is 2. The number of benzene rings is 2. The highest BCUT2D eigenvalue weighted by molar-refractivity contribution is 6.00. The van der Waals surface area contributed by atoms with Crippen LogP contribution in [-0.2, 0) is 6.61 Å². The van der Waals surface area contributed by atoms with E-state index in [-0.39, 0.29) is 0 Å². The lowest BCUT2D eigenvalue weighted by Gasteiger charge is -2.30. The first-order valence-corrected chi connectivity index (χ1v) is 14.5. The van der Waals surface area contributed by atoms with E-state index >= 15 is 0 Å². The van der Waals surface area contributed by atoms with Gasteiger partial charge in [-0.3, -0.25) is 0 Å². The molecular formula is C33H39N7O2. The van der Waals surface area contributed by atoms with E-state index < -0.39 is 0 Å². The summed E-state index contributed by atoms with van der Waals surface area (Å²) in [6.45, 7) is 10.4. The summed E-state index contributed by atoms with van der Waals surface area (Å²) in [6, 6.07) is 14.3. The maximum atomic E-state index is 6.37. The van der Waals surface area contributed by atoms with Crippen molar-refractivity contribution in [1.29, 1.82) is 0 Å². The number of piperidine rings is 1. The van der Waals surface area contributed by atoms with Crippen LogP contribution in [0.3, 0.4) is 0 Å². The van der Waals surface area contributed by atoms with E-state index in [1.54, 1.807) is 18.7 Å². The highest BCUT2D eigenvalue weighted by Crippen LogP contribution is 2.37. The first kappa shape index (κ1) is 29.0. The lowest BCUT2D eigenvalue weighted by molar-refractivity contribution is 0.215. The number of nitrogens with two attached hydrogens (primary N) is 1. The van der Waals surface area contributed by atoms with Gasteiger partial charge in [-0.05, 0) is 75.7 Å². The van der Waals surface area contributed by atoms with Crippen molar-refractivity contribution in [2.45, 2.75) is 53.2 Å². The molecule has 2 N–H and O–H groups in total. The lowest BCUT2D eigenvalue weighted by atomic mass is 10.1. The van der Waals surface area contributed by atoms with Gasteiger partial charge in [-0.2, -0.15) is 0 Å². The first-order valence-electron chi connectivity index (χ1n) is 14.5. The third kappa shape index (κ3) is 6.52. The summed E-state index contributed by atoms with van der Waals surface area (Å²) in [4.78, 5) is 19.7. The van der Waals surface area contributed by atoms with Crippen LogP contribution in [0.2, 0.25) is 0 Å². The number of nitrogen functional groups attached to an aromatic ring is 1. The number of likely N-dealkylation sites (N-methyl/N-ethyl adjacent to an activating group) is 1. The van der Waals surface area contributed by atoms with Crippen molar-refractivity contribution in [1.82, 2.24) is 29.4 Å². The van der Waals surface area contributed by atoms with Crippen molar-refractivity contribution in [3.8, 4) is 28.4 Å². The number of ether oxygens (including phenoxy) is 2. The molecule has 2 aromatic carbocycles. The van der Waals surface area contributed by atoms with Crippen LogP contribution in [0.5, 0.6) is 17.2 Å². The fourth-order valence-corrected chi connectivity index (χ4v) is 5.33. The molecule has 0 spiro atoms. The second-order valence-corrected chi connectivity index (χ2v) is 10.5. The van der Waals surface area contributed by atoms with E-state index in [0.717, 1.165) is 76.5 Å². The zero-order chi connectivity index (χ0) is 29.6. The molecule has 0 bridgehead atoms. The van der Waals surface area contributed by atoms with Gasteiger partial charge in [0.1, 0.15) is 47.5 Å². The molecule has 4 heterocycles. The topological polar surface area (TPSA) is 104 Å². The standard InChI is InChI=1S/C31H33N7O2.C2H6/c1-20-11-26(39-18-22-14-33-21(2)34-15-22)13-27(12-20)40-25-8-6-23(7-9-25)28-17-38(24-5-4-10-37(3)16-24)31-29(28)30(32)35-19-36-31;1-2/h6-9,11-15,17,19,24H,4-5,10,16,18H2,1-3H3,(H2,32,35,36);1-2H3/t24-;/m1./s1. The minimum absolute atomic E-state index is 0.350. The summed E-state index contributed by atoms with van der Waals surface area (Å²) in [5, 5.41) is 0.892. The number of hydrogen-bond donors (Lipinski definition) is 1. The quantitative estimate of drug-likeness (QED) is 0.231. The second-order valence-electron chi connectivity index (χ2n) is 10.5. The van der Waals surface area contributed by atoms with E-state index in [1.165, 1.54) is 0 Å². The molecule has 42 heavy (non-hydrogen) atoms. The van der Waals surface area contributed by atoms with Crippen molar-refractivity contribution in [2.75, 3.05) is 25.9 Å². The van der Waals surface area contributed by atoms with Crippen LogP contribution in [0, 0.1) is 13.8 Å². The fourth-order valence-electron chi connectivity index (χ4n) is 5.33. The Morgan fingerprint density at radius 2 is 1.67 bits per heavy atom. The molecule has 0 aliphatic carbocycles. The average Bonchev–Trinajstić information content (AvgIpc) is 3.39. The van der Waals surface area contributed by atoms with E-state index in [2.05, 4.69) is 54.8 Å². The van der Waals surface area contributed by atoms with Crippen LogP contribution in [0.1, 0.15) is 49.7 Å². The Labute approximate surface area is 247 Å². The Morgan fingerprint density at radius 3 is 2.40 bits per heavy atom. The van der Waals surface area contributed by atoms with Crippen LogP contribution in [0.15, 0.2) is 67.4 Å². The zero-order valence-electron chi connectivity index (χ0n) is 25.0. The van der Waals surface area contributed by atoms with Crippen molar-refractivity contribution in [3.05, 3.63) is 84.3 Å². The summed E-state index contributed by atoms with van der Waals surface area (Å²) < 4.78 is 14.5. The maximum Gasteiger partial charge on any atom is 0.146 e. The van der Waals surface area contributed by atoms with Gasteiger partial charge in [0.05, 0.1) is 5.39 Å². The maximum absolute atomic E-state index is 6.37. The molecule has 1 atom stereocenters.